The van der Waals surface area contributed by atoms with Crippen LogP contribution in [0.3, 0.4) is 0 Å². The molecule has 5 aromatic rings. The molecule has 6 rings (SSSR count). The largest absolute Gasteiger partial charge is 0.335 e. The molecular weight excluding hydrogens is 489 g/mol. The number of thioether (sulfide) groups is 1. The maximum absolute atomic E-state index is 4.56. The van der Waals surface area contributed by atoms with Gasteiger partial charge in [-0.2, -0.15) is 22.1 Å². The van der Waals surface area contributed by atoms with E-state index in [1.54, 1.807) is 23.1 Å². The molecule has 4 heterocycles. The molecule has 0 saturated carbocycles. The molecule has 0 aliphatic carbocycles. The lowest BCUT2D eigenvalue weighted by Crippen LogP contribution is -2.33. The SMILES string of the molecule is CCC(=Cc1sc2c3nsnc3ccc2[n+]1CC)C=C1Sc2c(ccc3nsnc23)N1CC. The highest BCUT2D eigenvalue weighted by molar-refractivity contribution is 8.04. The maximum atomic E-state index is 4.56. The molecule has 0 saturated heterocycles. The molecule has 0 N–H and O–H groups in total. The van der Waals surface area contributed by atoms with Crippen LogP contribution < -0.4 is 9.47 Å². The minimum Gasteiger partial charge on any atom is -0.335 e. The molecular formula is C23H21N6S4+. The van der Waals surface area contributed by atoms with Gasteiger partial charge in [-0.25, -0.2) is 0 Å². The first-order valence-corrected chi connectivity index (χ1v) is 14.0. The molecule has 0 atom stereocenters. The van der Waals surface area contributed by atoms with Crippen LogP contribution in [0.1, 0.15) is 32.2 Å². The van der Waals surface area contributed by atoms with Crippen molar-refractivity contribution < 1.29 is 4.57 Å². The molecule has 6 nitrogen and oxygen atoms in total. The summed E-state index contributed by atoms with van der Waals surface area (Å²) in [5.74, 6) is 0. The molecule has 1 aliphatic heterocycles. The molecule has 0 spiro atoms. The molecule has 166 valence electrons. The maximum Gasteiger partial charge on any atom is 0.263 e. The first-order valence-electron chi connectivity index (χ1n) is 10.9. The van der Waals surface area contributed by atoms with Crippen molar-refractivity contribution in [1.29, 1.82) is 0 Å². The third kappa shape index (κ3) is 3.39. The van der Waals surface area contributed by atoms with Gasteiger partial charge in [0.1, 0.15) is 33.3 Å². The minimum atomic E-state index is 0.915. The minimum absolute atomic E-state index is 0.915. The zero-order chi connectivity index (χ0) is 22.5. The van der Waals surface area contributed by atoms with Gasteiger partial charge >= 0.3 is 0 Å². The molecule has 1 aliphatic rings. The monoisotopic (exact) mass is 509 g/mol. The quantitative estimate of drug-likeness (QED) is 0.253. The van der Waals surface area contributed by atoms with Crippen LogP contribution in [-0.4, -0.2) is 24.0 Å². The van der Waals surface area contributed by atoms with Gasteiger partial charge in [0.25, 0.3) is 5.01 Å². The van der Waals surface area contributed by atoms with E-state index in [-0.39, 0.29) is 0 Å². The number of thiazole rings is 1. The second-order valence-electron chi connectivity index (χ2n) is 7.68. The number of fused-ring (bicyclic) bond motifs is 6. The third-order valence-electron chi connectivity index (χ3n) is 5.91. The van der Waals surface area contributed by atoms with Gasteiger partial charge in [0, 0.05) is 18.7 Å². The van der Waals surface area contributed by atoms with E-state index in [9.17, 15) is 0 Å². The lowest BCUT2D eigenvalue weighted by atomic mass is 10.2. The fourth-order valence-corrected chi connectivity index (χ4v) is 8.02. The van der Waals surface area contributed by atoms with Crippen molar-refractivity contribution in [3.63, 3.8) is 0 Å². The predicted molar refractivity (Wildman–Crippen MR) is 141 cm³/mol. The molecule has 2 aromatic carbocycles. The van der Waals surface area contributed by atoms with Crippen LogP contribution in [0, 0.1) is 0 Å². The van der Waals surface area contributed by atoms with Crippen LogP contribution in [0.4, 0.5) is 5.69 Å². The second kappa shape index (κ2) is 8.43. The molecule has 0 unspecified atom stereocenters. The van der Waals surface area contributed by atoms with Gasteiger partial charge in [0.2, 0.25) is 5.52 Å². The van der Waals surface area contributed by atoms with Crippen LogP contribution in [0.2, 0.25) is 0 Å². The van der Waals surface area contributed by atoms with Crippen LogP contribution >= 0.6 is 46.6 Å². The highest BCUT2D eigenvalue weighted by atomic mass is 32.2. The van der Waals surface area contributed by atoms with E-state index in [0.29, 0.717) is 0 Å². The van der Waals surface area contributed by atoms with Crippen molar-refractivity contribution in [2.75, 3.05) is 11.4 Å². The van der Waals surface area contributed by atoms with Crippen LogP contribution in [0.15, 0.2) is 45.8 Å². The van der Waals surface area contributed by atoms with E-state index < -0.39 is 0 Å². The average Bonchev–Trinajstić information content (AvgIpc) is 3.60. The van der Waals surface area contributed by atoms with Gasteiger partial charge in [0.05, 0.1) is 39.1 Å². The molecule has 3 aromatic heterocycles. The van der Waals surface area contributed by atoms with Crippen molar-refractivity contribution in [3.05, 3.63) is 46.0 Å². The zero-order valence-electron chi connectivity index (χ0n) is 18.4. The van der Waals surface area contributed by atoms with E-state index in [1.807, 2.05) is 0 Å². The van der Waals surface area contributed by atoms with E-state index in [0.717, 1.165) is 41.6 Å². The highest BCUT2D eigenvalue weighted by Gasteiger charge is 2.28. The number of allylic oxidation sites excluding steroid dienone is 2. The molecule has 10 heteroatoms. The van der Waals surface area contributed by atoms with E-state index in [1.165, 1.54) is 59.9 Å². The van der Waals surface area contributed by atoms with Gasteiger partial charge in [-0.15, -0.1) is 0 Å². The number of anilines is 1. The van der Waals surface area contributed by atoms with E-state index >= 15 is 0 Å². The summed E-state index contributed by atoms with van der Waals surface area (Å²) in [6, 6.07) is 8.51. The van der Waals surface area contributed by atoms with E-state index in [2.05, 4.69) is 84.1 Å². The van der Waals surface area contributed by atoms with Crippen molar-refractivity contribution >= 4 is 90.6 Å². The third-order valence-corrected chi connectivity index (χ3v) is 9.30. The Hall–Kier alpha value is -2.40. The summed E-state index contributed by atoms with van der Waals surface area (Å²) < 4.78 is 21.6. The summed E-state index contributed by atoms with van der Waals surface area (Å²) in [6.07, 6.45) is 5.63. The van der Waals surface area contributed by atoms with Gasteiger partial charge in [0.15, 0.2) is 0 Å². The number of hydrogen-bond acceptors (Lipinski definition) is 9. The fraction of sp³-hybridized carbons (Fsp3) is 0.261. The zero-order valence-corrected chi connectivity index (χ0v) is 21.7. The number of aryl methyl sites for hydroxylation is 1. The first-order chi connectivity index (χ1) is 16.2. The number of aromatic nitrogens is 5. The van der Waals surface area contributed by atoms with Gasteiger partial charge in [-0.05, 0) is 50.1 Å². The lowest BCUT2D eigenvalue weighted by Gasteiger charge is -2.18. The Labute approximate surface area is 207 Å². The second-order valence-corrected chi connectivity index (χ2v) is 10.8. The summed E-state index contributed by atoms with van der Waals surface area (Å²) >= 11 is 6.18. The van der Waals surface area contributed by atoms with Crippen LogP contribution in [-0.2, 0) is 6.54 Å². The normalized spacial score (nSPS) is 15.5. The molecule has 0 bridgehead atoms. The standard InChI is InChI=1S/C23H21N6S4/c1-4-13(11-18-28(5-2)16-9-7-14-20(22(16)30-18)26-32-24-14)12-19-29(6-3)17-10-8-15-21(23(17)31-19)27-33-25-15/h7-12H,4-6H2,1-3H3/q+1. The Morgan fingerprint density at radius 2 is 1.73 bits per heavy atom. The summed E-state index contributed by atoms with van der Waals surface area (Å²) in [6.45, 7) is 8.46. The summed E-state index contributed by atoms with van der Waals surface area (Å²) in [4.78, 5) is 3.60. The Balaban J connectivity index is 1.45. The molecule has 0 amide bonds. The molecule has 0 fully saturated rings. The molecule has 0 radical (unpaired) electrons. The topological polar surface area (TPSA) is 58.7 Å². The number of nitrogens with zero attached hydrogens (tertiary/aromatic N) is 6. The molecule has 33 heavy (non-hydrogen) atoms. The summed E-state index contributed by atoms with van der Waals surface area (Å²) in [7, 11) is 0. The smallest absolute Gasteiger partial charge is 0.263 e. The fourth-order valence-electron chi connectivity index (χ4n) is 4.25. The average molecular weight is 510 g/mol. The van der Waals surface area contributed by atoms with Crippen molar-refractivity contribution in [2.45, 2.75) is 38.6 Å². The highest BCUT2D eigenvalue weighted by Crippen LogP contribution is 2.49. The number of hydrogen-bond donors (Lipinski definition) is 0. The number of rotatable bonds is 5. The van der Waals surface area contributed by atoms with Crippen molar-refractivity contribution in [3.8, 4) is 0 Å². The van der Waals surface area contributed by atoms with Crippen LogP contribution in [0.5, 0.6) is 0 Å². The van der Waals surface area contributed by atoms with Gasteiger partial charge in [-0.3, -0.25) is 0 Å². The Kier molecular flexibility index (Phi) is 5.40. The van der Waals surface area contributed by atoms with E-state index in [4.69, 9.17) is 0 Å². The summed E-state index contributed by atoms with van der Waals surface area (Å²) in [5.41, 5.74) is 7.75. The Morgan fingerprint density at radius 3 is 2.48 bits per heavy atom. The first kappa shape index (κ1) is 21.2. The Morgan fingerprint density at radius 1 is 0.970 bits per heavy atom. The van der Waals surface area contributed by atoms with Crippen LogP contribution in [0.25, 0.3) is 38.4 Å². The predicted octanol–water partition coefficient (Wildman–Crippen LogP) is 6.49. The number of benzene rings is 2. The van der Waals surface area contributed by atoms with Crippen molar-refractivity contribution in [2.24, 2.45) is 0 Å². The Bertz CT molecular complexity index is 1570. The van der Waals surface area contributed by atoms with Gasteiger partial charge in [-0.1, -0.05) is 30.0 Å². The van der Waals surface area contributed by atoms with Gasteiger partial charge < -0.3 is 4.90 Å². The lowest BCUT2D eigenvalue weighted by molar-refractivity contribution is -0.665. The van der Waals surface area contributed by atoms with Crippen molar-refractivity contribution in [1.82, 2.24) is 17.5 Å². The summed E-state index contributed by atoms with van der Waals surface area (Å²) in [5, 5.41) is 2.49.